The van der Waals surface area contributed by atoms with Gasteiger partial charge in [0.15, 0.2) is 5.78 Å². The number of rotatable bonds is 8. The third-order valence-corrected chi connectivity index (χ3v) is 9.45. The Hall–Kier alpha value is -5.16. The first-order valence-electron chi connectivity index (χ1n) is 14.4. The van der Waals surface area contributed by atoms with Gasteiger partial charge in [-0.1, -0.05) is 23.8 Å². The minimum atomic E-state index is -0.752. The highest BCUT2D eigenvalue weighted by Crippen LogP contribution is 2.65. The van der Waals surface area contributed by atoms with Gasteiger partial charge in [-0.25, -0.2) is 9.80 Å². The van der Waals surface area contributed by atoms with Crippen molar-refractivity contribution in [3.8, 4) is 5.75 Å². The maximum atomic E-state index is 13.8. The van der Waals surface area contributed by atoms with Gasteiger partial charge >= 0.3 is 5.97 Å². The molecule has 3 aromatic carbocycles. The molecule has 3 amide bonds. The maximum Gasteiger partial charge on any atom is 0.343 e. The number of Topliss-reactive ketones (excluding diaryl/α,β-unsaturated/α-hetero) is 1. The molecule has 2 bridgehead atoms. The highest BCUT2D eigenvalue weighted by Gasteiger charge is 2.68. The number of carbonyl (C=O) groups excluding carboxylic acids is 5. The fourth-order valence-corrected chi connectivity index (χ4v) is 7.10. The van der Waals surface area contributed by atoms with Crippen molar-refractivity contribution in [2.24, 2.45) is 35.5 Å². The number of hydrazine groups is 1. The fraction of sp³-hybridized carbons (Fsp3) is 0.242. The summed E-state index contributed by atoms with van der Waals surface area (Å²) in [6, 6.07) is 16.4. The zero-order valence-corrected chi connectivity index (χ0v) is 24.2. The predicted molar refractivity (Wildman–Crippen MR) is 158 cm³/mol. The van der Waals surface area contributed by atoms with Gasteiger partial charge in [-0.3, -0.25) is 29.3 Å². The Morgan fingerprint density at radius 3 is 1.91 bits per heavy atom. The molecule has 45 heavy (non-hydrogen) atoms. The molecule has 0 spiro atoms. The van der Waals surface area contributed by atoms with Gasteiger partial charge < -0.3 is 4.74 Å². The summed E-state index contributed by atoms with van der Waals surface area (Å²) in [5.74, 6) is -3.33. The standard InChI is InChI=1S/C33H24ClN3O8/c34-20-7-1-18(2-8-20)30(39)35(36-31(40)28-23-13-14-24(26-15-25(23)26)29(28)32(36)41)16-27(38)17-5-11-22(12-6-17)45-33(42)19-3-9-21(10-4-19)37(43)44/h1-14,23-26,28-29H,15-16H2/t23-,24-,25-,26-,28+,29+/m0/s1. The minimum absolute atomic E-state index is 0.0594. The molecular weight excluding hydrogens is 602 g/mol. The fourth-order valence-electron chi connectivity index (χ4n) is 6.98. The maximum absolute atomic E-state index is 13.8. The van der Waals surface area contributed by atoms with E-state index in [1.807, 2.05) is 12.2 Å². The molecule has 0 N–H and O–H groups in total. The third-order valence-electron chi connectivity index (χ3n) is 9.20. The largest absolute Gasteiger partial charge is 0.423 e. The number of hydrogen-bond acceptors (Lipinski definition) is 8. The summed E-state index contributed by atoms with van der Waals surface area (Å²) in [6.45, 7) is -0.587. The molecule has 1 saturated heterocycles. The SMILES string of the molecule is O=C(CN(C(=O)c1ccc(Cl)cc1)N1C(=O)[C@@H]2[C@H]3C=C[C@@H]([C@@H]4C[C@@H]34)[C@H]2C1=O)c1ccc(OC(=O)c2ccc([N+](=O)[O-])cc2)cc1. The minimum Gasteiger partial charge on any atom is -0.423 e. The van der Waals surface area contributed by atoms with E-state index in [1.165, 1.54) is 72.8 Å². The van der Waals surface area contributed by atoms with Gasteiger partial charge in [0.25, 0.3) is 23.4 Å². The molecule has 8 rings (SSSR count). The third kappa shape index (κ3) is 4.89. The van der Waals surface area contributed by atoms with Gasteiger partial charge in [0.2, 0.25) is 0 Å². The Labute approximate surface area is 261 Å². The molecule has 4 aliphatic carbocycles. The van der Waals surface area contributed by atoms with Crippen molar-refractivity contribution in [2.45, 2.75) is 6.42 Å². The molecule has 3 fully saturated rings. The summed E-state index contributed by atoms with van der Waals surface area (Å²) >= 11 is 6.01. The molecule has 11 nitrogen and oxygen atoms in total. The van der Waals surface area contributed by atoms with Crippen LogP contribution in [0.25, 0.3) is 0 Å². The number of imide groups is 1. The van der Waals surface area contributed by atoms with E-state index in [0.717, 1.165) is 16.4 Å². The predicted octanol–water partition coefficient (Wildman–Crippen LogP) is 4.76. The number of esters is 1. The van der Waals surface area contributed by atoms with Crippen molar-refractivity contribution < 1.29 is 33.6 Å². The van der Waals surface area contributed by atoms with Crippen LogP contribution < -0.4 is 4.74 Å². The molecule has 12 heteroatoms. The lowest BCUT2D eigenvalue weighted by molar-refractivity contribution is -0.384. The first kappa shape index (κ1) is 28.6. The normalized spacial score (nSPS) is 25.4. The van der Waals surface area contributed by atoms with Crippen LogP contribution in [0.5, 0.6) is 5.75 Å². The molecule has 226 valence electrons. The molecule has 3 aromatic rings. The Kier molecular flexibility index (Phi) is 6.85. The van der Waals surface area contributed by atoms with E-state index in [1.54, 1.807) is 0 Å². The summed E-state index contributed by atoms with van der Waals surface area (Å²) in [5.41, 5.74) is 0.229. The summed E-state index contributed by atoms with van der Waals surface area (Å²) in [7, 11) is 0. The Bertz CT molecular complexity index is 1770. The van der Waals surface area contributed by atoms with Crippen LogP contribution in [0.15, 0.2) is 84.9 Å². The number of ketones is 1. The average Bonchev–Trinajstić information content (AvgIpc) is 3.83. The number of non-ortho nitro benzene ring substituents is 1. The molecule has 5 aliphatic rings. The summed E-state index contributed by atoms with van der Waals surface area (Å²) < 4.78 is 5.33. The van der Waals surface area contributed by atoms with E-state index in [0.29, 0.717) is 16.9 Å². The zero-order chi connectivity index (χ0) is 31.6. The van der Waals surface area contributed by atoms with Gasteiger partial charge in [0, 0.05) is 28.3 Å². The van der Waals surface area contributed by atoms with Crippen LogP contribution in [0.3, 0.4) is 0 Å². The second kappa shape index (κ2) is 10.8. The lowest BCUT2D eigenvalue weighted by atomic mass is 9.63. The molecular formula is C33H24ClN3O8. The molecule has 0 aromatic heterocycles. The number of amides is 3. The topological polar surface area (TPSA) is 144 Å². The molecule has 0 unspecified atom stereocenters. The number of nitro groups is 1. The first-order chi connectivity index (χ1) is 21.6. The lowest BCUT2D eigenvalue weighted by Gasteiger charge is -2.37. The van der Waals surface area contributed by atoms with Crippen LogP contribution in [-0.2, 0) is 9.59 Å². The quantitative estimate of drug-likeness (QED) is 0.0663. The smallest absolute Gasteiger partial charge is 0.343 e. The van der Waals surface area contributed by atoms with Crippen molar-refractivity contribution in [3.63, 3.8) is 0 Å². The number of nitro benzene ring substituents is 1. The Balaban J connectivity index is 1.11. The number of benzene rings is 3. The van der Waals surface area contributed by atoms with E-state index in [2.05, 4.69) is 0 Å². The van der Waals surface area contributed by atoms with Crippen LogP contribution in [0.4, 0.5) is 5.69 Å². The second-order valence-corrected chi connectivity index (χ2v) is 12.1. The van der Waals surface area contributed by atoms with Gasteiger partial charge in [0.05, 0.1) is 22.3 Å². The second-order valence-electron chi connectivity index (χ2n) is 11.7. The van der Waals surface area contributed by atoms with Crippen LogP contribution in [0, 0.1) is 45.6 Å². The monoisotopic (exact) mass is 625 g/mol. The number of nitrogens with zero attached hydrogens (tertiary/aromatic N) is 3. The highest BCUT2D eigenvalue weighted by atomic mass is 35.5. The van der Waals surface area contributed by atoms with E-state index in [-0.39, 0.29) is 40.0 Å². The molecule has 6 atom stereocenters. The van der Waals surface area contributed by atoms with Gasteiger partial charge in [0.1, 0.15) is 12.3 Å². The van der Waals surface area contributed by atoms with Crippen molar-refractivity contribution in [1.82, 2.24) is 10.0 Å². The highest BCUT2D eigenvalue weighted by molar-refractivity contribution is 6.30. The average molecular weight is 626 g/mol. The number of ether oxygens (including phenoxy) is 1. The van der Waals surface area contributed by atoms with Gasteiger partial charge in [-0.15, -0.1) is 0 Å². The van der Waals surface area contributed by atoms with Crippen LogP contribution in [0.2, 0.25) is 5.02 Å². The van der Waals surface area contributed by atoms with Gasteiger partial charge in [-0.2, -0.15) is 5.01 Å². The van der Waals surface area contributed by atoms with Gasteiger partial charge in [-0.05, 0) is 90.8 Å². The molecule has 2 saturated carbocycles. The Morgan fingerprint density at radius 1 is 0.822 bits per heavy atom. The number of allylic oxidation sites excluding steroid dienone is 2. The lowest BCUT2D eigenvalue weighted by Crippen LogP contribution is -2.52. The molecule has 0 radical (unpaired) electrons. The van der Waals surface area contributed by atoms with E-state index in [4.69, 9.17) is 16.3 Å². The van der Waals surface area contributed by atoms with Crippen molar-refractivity contribution in [1.29, 1.82) is 0 Å². The summed E-state index contributed by atoms with van der Waals surface area (Å²) in [5, 5.41) is 13.1. The molecule has 1 aliphatic heterocycles. The van der Waals surface area contributed by atoms with Crippen molar-refractivity contribution in [2.75, 3.05) is 6.54 Å². The van der Waals surface area contributed by atoms with Crippen LogP contribution >= 0.6 is 11.6 Å². The van der Waals surface area contributed by atoms with Crippen molar-refractivity contribution in [3.05, 3.63) is 117 Å². The van der Waals surface area contributed by atoms with Crippen LogP contribution in [-0.4, -0.2) is 51.0 Å². The first-order valence-corrected chi connectivity index (χ1v) is 14.7. The van der Waals surface area contributed by atoms with Crippen LogP contribution in [0.1, 0.15) is 37.5 Å². The molecule has 1 heterocycles. The summed E-state index contributed by atoms with van der Waals surface area (Å²) in [6.07, 6.45) is 5.05. The van der Waals surface area contributed by atoms with E-state index >= 15 is 0 Å². The van der Waals surface area contributed by atoms with Crippen molar-refractivity contribution >= 4 is 46.8 Å². The Morgan fingerprint density at radius 2 is 1.36 bits per heavy atom. The summed E-state index contributed by atoms with van der Waals surface area (Å²) in [4.78, 5) is 77.8. The number of hydrogen-bond donors (Lipinski definition) is 0. The zero-order valence-electron chi connectivity index (χ0n) is 23.4. The van der Waals surface area contributed by atoms with E-state index in [9.17, 15) is 34.1 Å². The number of carbonyl (C=O) groups is 5. The van der Waals surface area contributed by atoms with E-state index < -0.39 is 52.8 Å². The number of halogens is 1.